The first-order valence-electron chi connectivity index (χ1n) is 15.1. The minimum Gasteiger partial charge on any atom is -0.396 e. The minimum atomic E-state index is -0.888. The fourth-order valence-electron chi connectivity index (χ4n) is 5.87. The number of ether oxygens (including phenoxy) is 3. The van der Waals surface area contributed by atoms with Gasteiger partial charge in [-0.05, 0) is 38.3 Å². The maximum atomic E-state index is 13.0. The number of amides is 1. The molecule has 0 radical (unpaired) electrons. The number of nitrogens with one attached hydrogen (secondary N) is 3. The summed E-state index contributed by atoms with van der Waals surface area (Å²) in [6.45, 7) is 7.06. The Hall–Kier alpha value is -4.10. The SMILES string of the molecule is CCNC(=O)[C@H]1O[C@@H](n2cnc3c(NCC(c4ccccc4)c4ccccc4)nc(NCCCO)nc32)[C@@H]2OC(C)(C)O[C@H]21. The van der Waals surface area contributed by atoms with Crippen LogP contribution in [0.25, 0.3) is 11.2 Å². The van der Waals surface area contributed by atoms with Crippen molar-refractivity contribution < 1.29 is 24.1 Å². The van der Waals surface area contributed by atoms with Crippen LogP contribution in [0.15, 0.2) is 67.0 Å². The molecular formula is C32H39N7O5. The van der Waals surface area contributed by atoms with E-state index in [0.717, 1.165) is 0 Å². The average Bonchev–Trinajstić information content (AvgIpc) is 3.69. The Morgan fingerprint density at radius 1 is 1.00 bits per heavy atom. The van der Waals surface area contributed by atoms with Crippen LogP contribution in [0.1, 0.15) is 50.5 Å². The van der Waals surface area contributed by atoms with Crippen molar-refractivity contribution in [3.8, 4) is 0 Å². The molecule has 2 saturated heterocycles. The zero-order chi connectivity index (χ0) is 30.7. The van der Waals surface area contributed by atoms with Crippen LogP contribution in [0.3, 0.4) is 0 Å². The Labute approximate surface area is 256 Å². The van der Waals surface area contributed by atoms with Crippen molar-refractivity contribution in [2.24, 2.45) is 0 Å². The Kier molecular flexibility index (Phi) is 8.76. The molecule has 0 unspecified atom stereocenters. The molecule has 0 saturated carbocycles. The van der Waals surface area contributed by atoms with Gasteiger partial charge in [0.1, 0.15) is 12.2 Å². The Morgan fingerprint density at radius 2 is 1.68 bits per heavy atom. The number of nitrogens with zero attached hydrogens (tertiary/aromatic N) is 4. The van der Waals surface area contributed by atoms with E-state index in [-0.39, 0.29) is 18.4 Å². The van der Waals surface area contributed by atoms with Crippen molar-refractivity contribution in [2.75, 3.05) is 36.9 Å². The third-order valence-corrected chi connectivity index (χ3v) is 7.83. The lowest BCUT2D eigenvalue weighted by Gasteiger charge is -2.24. The van der Waals surface area contributed by atoms with Crippen molar-refractivity contribution >= 4 is 28.8 Å². The summed E-state index contributed by atoms with van der Waals surface area (Å²) in [6, 6.07) is 20.7. The van der Waals surface area contributed by atoms with Gasteiger partial charge in [0.25, 0.3) is 5.91 Å². The predicted octanol–water partition coefficient (Wildman–Crippen LogP) is 3.42. The third kappa shape index (κ3) is 6.11. The third-order valence-electron chi connectivity index (χ3n) is 7.83. The first-order valence-corrected chi connectivity index (χ1v) is 15.1. The van der Waals surface area contributed by atoms with Gasteiger partial charge in [-0.25, -0.2) is 4.98 Å². The Bertz CT molecular complexity index is 1530. The van der Waals surface area contributed by atoms with Crippen LogP contribution in [0.4, 0.5) is 11.8 Å². The van der Waals surface area contributed by atoms with Crippen molar-refractivity contribution in [3.63, 3.8) is 0 Å². The van der Waals surface area contributed by atoms with Gasteiger partial charge in [0, 0.05) is 32.2 Å². The van der Waals surface area contributed by atoms with Gasteiger partial charge in [-0.3, -0.25) is 9.36 Å². The summed E-state index contributed by atoms with van der Waals surface area (Å²) in [7, 11) is 0. The molecule has 6 rings (SSSR count). The molecule has 232 valence electrons. The Morgan fingerprint density at radius 3 is 2.34 bits per heavy atom. The molecule has 0 aliphatic carbocycles. The second-order valence-corrected chi connectivity index (χ2v) is 11.4. The van der Waals surface area contributed by atoms with E-state index in [0.29, 0.717) is 49.0 Å². The molecule has 4 aromatic rings. The number of hydrogen-bond donors (Lipinski definition) is 4. The number of anilines is 2. The first kappa shape index (κ1) is 29.9. The standard InChI is InChI=1S/C32H39N7O5/c1-4-33-29(41)25-24-26(44-32(2,3)43-24)30(42-25)39-19-36-23-27(37-31(38-28(23)39)34-16-11-17-40)35-18-22(20-12-7-5-8-13-20)21-14-9-6-10-15-21/h5-10,12-15,19,22,24-26,30,40H,4,11,16-18H2,1-3H3,(H,33,41)(H2,34,35,37,38)/t24-,25-,26+,30+/m0/s1. The second kappa shape index (κ2) is 12.9. The van der Waals surface area contributed by atoms with E-state index in [2.05, 4.69) is 40.2 Å². The molecule has 44 heavy (non-hydrogen) atoms. The number of aliphatic hydroxyl groups excluding tert-OH is 1. The summed E-state index contributed by atoms with van der Waals surface area (Å²) in [4.78, 5) is 27.2. The largest absolute Gasteiger partial charge is 0.396 e. The minimum absolute atomic E-state index is 0.0431. The van der Waals surface area contributed by atoms with Gasteiger partial charge in [-0.2, -0.15) is 9.97 Å². The number of rotatable bonds is 12. The lowest BCUT2D eigenvalue weighted by Crippen LogP contribution is -2.42. The van der Waals surface area contributed by atoms with Crippen LogP contribution in [0, 0.1) is 0 Å². The molecule has 2 fully saturated rings. The molecule has 0 bridgehead atoms. The number of aliphatic hydroxyl groups is 1. The van der Waals surface area contributed by atoms with Crippen molar-refractivity contribution in [1.29, 1.82) is 0 Å². The molecule has 2 aromatic heterocycles. The van der Waals surface area contributed by atoms with E-state index < -0.39 is 30.3 Å². The number of imidazole rings is 1. The molecule has 4 atom stereocenters. The van der Waals surface area contributed by atoms with Gasteiger partial charge in [0.05, 0.1) is 6.33 Å². The van der Waals surface area contributed by atoms with E-state index in [1.54, 1.807) is 10.9 Å². The number of benzene rings is 2. The number of carbonyl (C=O) groups excluding carboxylic acids is 1. The van der Waals surface area contributed by atoms with Crippen LogP contribution in [0.5, 0.6) is 0 Å². The number of aromatic nitrogens is 4. The molecular weight excluding hydrogens is 562 g/mol. The van der Waals surface area contributed by atoms with E-state index in [4.69, 9.17) is 29.2 Å². The van der Waals surface area contributed by atoms with Gasteiger partial charge in [0.15, 0.2) is 35.1 Å². The second-order valence-electron chi connectivity index (χ2n) is 11.4. The fourth-order valence-corrected chi connectivity index (χ4v) is 5.87. The highest BCUT2D eigenvalue weighted by atomic mass is 16.8. The van der Waals surface area contributed by atoms with E-state index in [1.165, 1.54) is 11.1 Å². The summed E-state index contributed by atoms with van der Waals surface area (Å²) in [5, 5.41) is 18.9. The van der Waals surface area contributed by atoms with Gasteiger partial charge in [-0.15, -0.1) is 0 Å². The van der Waals surface area contributed by atoms with Crippen LogP contribution in [-0.2, 0) is 19.0 Å². The zero-order valence-electron chi connectivity index (χ0n) is 25.1. The highest BCUT2D eigenvalue weighted by Gasteiger charge is 2.58. The van der Waals surface area contributed by atoms with Crippen LogP contribution in [0.2, 0.25) is 0 Å². The van der Waals surface area contributed by atoms with Crippen LogP contribution < -0.4 is 16.0 Å². The van der Waals surface area contributed by atoms with E-state index in [1.807, 2.05) is 57.2 Å². The van der Waals surface area contributed by atoms with Crippen molar-refractivity contribution in [2.45, 2.75) is 63.4 Å². The van der Waals surface area contributed by atoms with Crippen LogP contribution in [-0.4, -0.2) is 80.9 Å². The summed E-state index contributed by atoms with van der Waals surface area (Å²) in [5.41, 5.74) is 3.41. The molecule has 2 aliphatic rings. The van der Waals surface area contributed by atoms with Gasteiger partial charge in [-0.1, -0.05) is 60.7 Å². The summed E-state index contributed by atoms with van der Waals surface area (Å²) >= 11 is 0. The monoisotopic (exact) mass is 601 g/mol. The maximum absolute atomic E-state index is 13.0. The first-order chi connectivity index (χ1) is 21.4. The molecule has 12 nitrogen and oxygen atoms in total. The number of fused-ring (bicyclic) bond motifs is 2. The zero-order valence-corrected chi connectivity index (χ0v) is 25.1. The fraction of sp³-hybridized carbons (Fsp3) is 0.438. The normalized spacial score (nSPS) is 22.3. The molecule has 2 aliphatic heterocycles. The highest BCUT2D eigenvalue weighted by molar-refractivity contribution is 5.85. The topological polar surface area (TPSA) is 145 Å². The quantitative estimate of drug-likeness (QED) is 0.178. The van der Waals surface area contributed by atoms with E-state index in [9.17, 15) is 9.90 Å². The maximum Gasteiger partial charge on any atom is 0.252 e. The molecule has 0 spiro atoms. The number of likely N-dealkylation sites (N-methyl/N-ethyl adjacent to an activating group) is 1. The van der Waals surface area contributed by atoms with Gasteiger partial charge >= 0.3 is 0 Å². The summed E-state index contributed by atoms with van der Waals surface area (Å²) < 4.78 is 20.5. The Balaban J connectivity index is 1.36. The van der Waals surface area contributed by atoms with Gasteiger partial charge < -0.3 is 35.3 Å². The van der Waals surface area contributed by atoms with Crippen LogP contribution >= 0.6 is 0 Å². The van der Waals surface area contributed by atoms with Crippen molar-refractivity contribution in [1.82, 2.24) is 24.8 Å². The lowest BCUT2D eigenvalue weighted by atomic mass is 9.91. The smallest absolute Gasteiger partial charge is 0.252 e. The molecule has 12 heteroatoms. The van der Waals surface area contributed by atoms with Crippen molar-refractivity contribution in [3.05, 3.63) is 78.1 Å². The summed E-state index contributed by atoms with van der Waals surface area (Å²) in [6.07, 6.45) is -0.551. The predicted molar refractivity (Wildman–Crippen MR) is 165 cm³/mol. The molecule has 4 heterocycles. The van der Waals surface area contributed by atoms with Gasteiger partial charge in [0.2, 0.25) is 5.95 Å². The number of hydrogen-bond acceptors (Lipinski definition) is 10. The molecule has 4 N–H and O–H groups in total. The lowest BCUT2D eigenvalue weighted by molar-refractivity contribution is -0.197. The summed E-state index contributed by atoms with van der Waals surface area (Å²) in [5.74, 6) is -0.160. The highest BCUT2D eigenvalue weighted by Crippen LogP contribution is 2.44. The molecule has 1 amide bonds. The van der Waals surface area contributed by atoms with E-state index >= 15 is 0 Å². The number of carbonyl (C=O) groups is 1. The molecule has 2 aromatic carbocycles. The average molecular weight is 602 g/mol.